The fourth-order valence-electron chi connectivity index (χ4n) is 4.05. The summed E-state index contributed by atoms with van der Waals surface area (Å²) in [4.78, 5) is 12.3. The lowest BCUT2D eigenvalue weighted by Gasteiger charge is -2.28. The first kappa shape index (κ1) is 25.3. The first-order valence-corrected chi connectivity index (χ1v) is 11.4. The number of nitrogen functional groups attached to an aromatic ring is 1. The van der Waals surface area contributed by atoms with E-state index in [9.17, 15) is 22.4 Å². The summed E-state index contributed by atoms with van der Waals surface area (Å²) in [6.07, 6.45) is -5.03. The predicted octanol–water partition coefficient (Wildman–Crippen LogP) is 2.13. The van der Waals surface area contributed by atoms with Crippen LogP contribution in [0.5, 0.6) is 0 Å². The van der Waals surface area contributed by atoms with E-state index in [1.807, 2.05) is 6.92 Å². The number of piperidine rings is 1. The summed E-state index contributed by atoms with van der Waals surface area (Å²) in [6.45, 7) is 3.00. The van der Waals surface area contributed by atoms with Crippen LogP contribution in [-0.4, -0.2) is 63.3 Å². The van der Waals surface area contributed by atoms with E-state index >= 15 is 0 Å². The number of nitrogens with zero attached hydrogens (tertiary/aromatic N) is 4. The van der Waals surface area contributed by atoms with Crippen LogP contribution >= 0.6 is 0 Å². The summed E-state index contributed by atoms with van der Waals surface area (Å²) in [7, 11) is 0. The molecule has 192 valence electrons. The van der Waals surface area contributed by atoms with Crippen molar-refractivity contribution in [2.75, 3.05) is 30.7 Å². The molecule has 1 amide bonds. The molecule has 1 aliphatic heterocycles. The van der Waals surface area contributed by atoms with Gasteiger partial charge in [-0.25, -0.2) is 13.6 Å². The maximum absolute atomic E-state index is 14.3. The van der Waals surface area contributed by atoms with Crippen molar-refractivity contribution in [2.24, 2.45) is 0 Å². The van der Waals surface area contributed by atoms with Gasteiger partial charge in [0.25, 0.3) is 5.91 Å². The van der Waals surface area contributed by atoms with Gasteiger partial charge in [0.1, 0.15) is 29.1 Å². The molecule has 1 fully saturated rings. The van der Waals surface area contributed by atoms with Gasteiger partial charge < -0.3 is 21.7 Å². The standard InChI is InChI=1S/C23H26F4N8O/c1-2-34-21(28)15(12-31-34)22(36)30-9-4-5-17-14(11-23(25,26)27)19-6-3-7-20(35(19)33-17)32-18-8-10-29-13-16(18)24/h3,6-7,12,16,18,29,32H,2,8-11,13,28H2,1H3,(H,30,36)/t16-,18+/m0/s1. The number of amides is 1. The Morgan fingerprint density at radius 2 is 2.17 bits per heavy atom. The zero-order chi connectivity index (χ0) is 25.9. The molecule has 0 aromatic carbocycles. The minimum atomic E-state index is -4.49. The van der Waals surface area contributed by atoms with Gasteiger partial charge in [0.2, 0.25) is 0 Å². The highest BCUT2D eigenvalue weighted by Crippen LogP contribution is 2.28. The van der Waals surface area contributed by atoms with Crippen LogP contribution in [0.4, 0.5) is 29.2 Å². The lowest BCUT2D eigenvalue weighted by atomic mass is 10.1. The van der Waals surface area contributed by atoms with Gasteiger partial charge >= 0.3 is 6.18 Å². The van der Waals surface area contributed by atoms with E-state index in [1.165, 1.54) is 21.5 Å². The molecule has 13 heteroatoms. The molecule has 0 bridgehead atoms. The molecule has 3 aromatic heterocycles. The van der Waals surface area contributed by atoms with Crippen molar-refractivity contribution in [1.82, 2.24) is 30.0 Å². The van der Waals surface area contributed by atoms with Crippen molar-refractivity contribution < 1.29 is 22.4 Å². The number of nitrogens with two attached hydrogens (primary N) is 1. The summed E-state index contributed by atoms with van der Waals surface area (Å²) in [5.74, 6) is 5.38. The molecular weight excluding hydrogens is 480 g/mol. The number of hydrogen-bond acceptors (Lipinski definition) is 6. The molecule has 36 heavy (non-hydrogen) atoms. The van der Waals surface area contributed by atoms with Crippen molar-refractivity contribution in [1.29, 1.82) is 0 Å². The Labute approximate surface area is 204 Å². The van der Waals surface area contributed by atoms with E-state index in [1.54, 1.807) is 12.1 Å². The number of nitrogens with one attached hydrogen (secondary N) is 3. The summed E-state index contributed by atoms with van der Waals surface area (Å²) in [5, 5.41) is 16.9. The molecule has 3 aromatic rings. The second-order valence-electron chi connectivity index (χ2n) is 8.33. The third-order valence-corrected chi connectivity index (χ3v) is 5.85. The molecule has 9 nitrogen and oxygen atoms in total. The summed E-state index contributed by atoms with van der Waals surface area (Å²) in [6, 6.07) is 4.23. The highest BCUT2D eigenvalue weighted by Gasteiger charge is 2.32. The predicted molar refractivity (Wildman–Crippen MR) is 126 cm³/mol. The molecule has 1 aliphatic rings. The molecule has 0 unspecified atom stereocenters. The normalized spacial score (nSPS) is 18.0. The number of aryl methyl sites for hydroxylation is 1. The first-order valence-electron chi connectivity index (χ1n) is 11.4. The molecule has 4 rings (SSSR count). The Bertz CT molecular complexity index is 1300. The fraction of sp³-hybridized carbons (Fsp3) is 0.435. The Kier molecular flexibility index (Phi) is 7.35. The lowest BCUT2D eigenvalue weighted by Crippen LogP contribution is -2.45. The van der Waals surface area contributed by atoms with Gasteiger partial charge in [-0.1, -0.05) is 12.0 Å². The smallest absolute Gasteiger partial charge is 0.383 e. The Morgan fingerprint density at radius 3 is 2.86 bits per heavy atom. The SMILES string of the molecule is CCn1ncc(C(=O)NCC#Cc2nn3c(N[C@@H]4CCNC[C@@H]4F)cccc3c2CC(F)(F)F)c1N. The number of carbonyl (C=O) groups is 1. The Balaban J connectivity index is 1.58. The number of carbonyl (C=O) groups excluding carboxylic acids is 1. The zero-order valence-corrected chi connectivity index (χ0v) is 19.5. The van der Waals surface area contributed by atoms with Crippen LogP contribution in [0.15, 0.2) is 24.4 Å². The molecule has 0 aliphatic carbocycles. The van der Waals surface area contributed by atoms with Crippen LogP contribution in [0.25, 0.3) is 5.52 Å². The Hall–Kier alpha value is -3.79. The quantitative estimate of drug-likeness (QED) is 0.301. The minimum absolute atomic E-state index is 0.0729. The second-order valence-corrected chi connectivity index (χ2v) is 8.33. The highest BCUT2D eigenvalue weighted by atomic mass is 19.4. The first-order chi connectivity index (χ1) is 17.2. The number of alkyl halides is 4. The molecule has 0 radical (unpaired) electrons. The number of pyridine rings is 1. The third-order valence-electron chi connectivity index (χ3n) is 5.85. The van der Waals surface area contributed by atoms with E-state index in [0.29, 0.717) is 25.3 Å². The Morgan fingerprint density at radius 1 is 1.36 bits per heavy atom. The molecule has 2 atom stereocenters. The number of hydrogen-bond donors (Lipinski definition) is 4. The van der Waals surface area contributed by atoms with Crippen molar-refractivity contribution in [3.05, 3.63) is 41.2 Å². The molecular formula is C23H26F4N8O. The largest absolute Gasteiger partial charge is 0.393 e. The number of rotatable bonds is 6. The number of anilines is 2. The van der Waals surface area contributed by atoms with Crippen LogP contribution in [-0.2, 0) is 13.0 Å². The van der Waals surface area contributed by atoms with Crippen LogP contribution in [0.1, 0.15) is 35.0 Å². The van der Waals surface area contributed by atoms with Gasteiger partial charge in [0.15, 0.2) is 0 Å². The van der Waals surface area contributed by atoms with Crippen LogP contribution < -0.4 is 21.7 Å². The van der Waals surface area contributed by atoms with Crippen LogP contribution in [0.2, 0.25) is 0 Å². The molecule has 0 saturated carbocycles. The number of fused-ring (bicyclic) bond motifs is 1. The number of aromatic nitrogens is 4. The van der Waals surface area contributed by atoms with E-state index in [-0.39, 0.29) is 41.2 Å². The average Bonchev–Trinajstić information content (AvgIpc) is 3.37. The van der Waals surface area contributed by atoms with Crippen molar-refractivity contribution in [3.63, 3.8) is 0 Å². The van der Waals surface area contributed by atoms with Crippen LogP contribution in [0.3, 0.4) is 0 Å². The minimum Gasteiger partial charge on any atom is -0.383 e. The third kappa shape index (κ3) is 5.54. The van der Waals surface area contributed by atoms with Crippen molar-refractivity contribution >= 4 is 23.1 Å². The molecule has 0 spiro atoms. The molecule has 4 heterocycles. The van der Waals surface area contributed by atoms with E-state index in [2.05, 4.69) is 38.0 Å². The van der Waals surface area contributed by atoms with Crippen molar-refractivity contribution in [3.8, 4) is 11.8 Å². The summed E-state index contributed by atoms with van der Waals surface area (Å²) < 4.78 is 57.2. The number of halogens is 4. The zero-order valence-electron chi connectivity index (χ0n) is 19.5. The summed E-state index contributed by atoms with van der Waals surface area (Å²) >= 11 is 0. The van der Waals surface area contributed by atoms with Gasteiger partial charge in [0.05, 0.1) is 30.7 Å². The summed E-state index contributed by atoms with van der Waals surface area (Å²) in [5.41, 5.74) is 6.10. The molecule has 5 N–H and O–H groups in total. The van der Waals surface area contributed by atoms with Gasteiger partial charge in [-0.05, 0) is 37.9 Å². The van der Waals surface area contributed by atoms with E-state index in [4.69, 9.17) is 5.73 Å². The van der Waals surface area contributed by atoms with E-state index < -0.39 is 30.7 Å². The second kappa shape index (κ2) is 10.4. The van der Waals surface area contributed by atoms with Crippen molar-refractivity contribution in [2.45, 2.75) is 44.7 Å². The lowest BCUT2D eigenvalue weighted by molar-refractivity contribution is -0.127. The van der Waals surface area contributed by atoms with Gasteiger partial charge in [-0.2, -0.15) is 23.4 Å². The van der Waals surface area contributed by atoms with E-state index in [0.717, 1.165) is 0 Å². The van der Waals surface area contributed by atoms with Gasteiger partial charge in [-0.3, -0.25) is 4.79 Å². The monoisotopic (exact) mass is 506 g/mol. The average molecular weight is 507 g/mol. The van der Waals surface area contributed by atoms with Gasteiger partial charge in [-0.15, -0.1) is 0 Å². The van der Waals surface area contributed by atoms with Crippen LogP contribution in [0, 0.1) is 11.8 Å². The fourth-order valence-corrected chi connectivity index (χ4v) is 4.05. The highest BCUT2D eigenvalue weighted by molar-refractivity contribution is 5.98. The topological polar surface area (TPSA) is 114 Å². The van der Waals surface area contributed by atoms with Gasteiger partial charge in [0, 0.05) is 18.7 Å². The maximum Gasteiger partial charge on any atom is 0.393 e. The molecule has 1 saturated heterocycles. The maximum atomic E-state index is 14.3.